The Balaban J connectivity index is 1.94. The van der Waals surface area contributed by atoms with Gasteiger partial charge in [-0.3, -0.25) is 9.78 Å². The standard InChI is InChI=1S/C18H22N2O2/c1-13(2)16-9-4-5-10-17(16)22-14(3)18(21)20-12-15-8-6-7-11-19-15/h4-11,13-14H,12H2,1-3H3,(H,20,21)/t14-/m0/s1. The van der Waals surface area contributed by atoms with Gasteiger partial charge in [-0.15, -0.1) is 0 Å². The fraction of sp³-hybridized carbons (Fsp3) is 0.333. The Morgan fingerprint density at radius 2 is 1.86 bits per heavy atom. The Morgan fingerprint density at radius 3 is 2.55 bits per heavy atom. The number of hydrogen-bond donors (Lipinski definition) is 1. The van der Waals surface area contributed by atoms with E-state index in [-0.39, 0.29) is 5.91 Å². The van der Waals surface area contributed by atoms with E-state index in [4.69, 9.17) is 4.74 Å². The average Bonchev–Trinajstić information content (AvgIpc) is 2.53. The number of benzene rings is 1. The zero-order chi connectivity index (χ0) is 15.9. The summed E-state index contributed by atoms with van der Waals surface area (Å²) < 4.78 is 5.82. The Kier molecular flexibility index (Phi) is 5.53. The predicted octanol–water partition coefficient (Wildman–Crippen LogP) is 3.29. The smallest absolute Gasteiger partial charge is 0.261 e. The molecule has 1 N–H and O–H groups in total. The van der Waals surface area contributed by atoms with Crippen molar-refractivity contribution < 1.29 is 9.53 Å². The minimum Gasteiger partial charge on any atom is -0.481 e. The molecular weight excluding hydrogens is 276 g/mol. The van der Waals surface area contributed by atoms with Crippen LogP contribution in [0.4, 0.5) is 0 Å². The molecule has 0 aliphatic heterocycles. The van der Waals surface area contributed by atoms with Crippen molar-refractivity contribution in [3.8, 4) is 5.75 Å². The zero-order valence-corrected chi connectivity index (χ0v) is 13.2. The van der Waals surface area contributed by atoms with Crippen molar-refractivity contribution in [2.45, 2.75) is 39.3 Å². The fourth-order valence-electron chi connectivity index (χ4n) is 2.13. The Labute approximate surface area is 131 Å². The van der Waals surface area contributed by atoms with Crippen molar-refractivity contribution in [3.05, 3.63) is 59.9 Å². The van der Waals surface area contributed by atoms with Gasteiger partial charge in [0.1, 0.15) is 5.75 Å². The van der Waals surface area contributed by atoms with Gasteiger partial charge in [0.25, 0.3) is 5.91 Å². The SMILES string of the molecule is CC(C)c1ccccc1O[C@@H](C)C(=O)NCc1ccccn1. The highest BCUT2D eigenvalue weighted by atomic mass is 16.5. The minimum atomic E-state index is -0.552. The molecule has 0 spiro atoms. The molecule has 1 atom stereocenters. The van der Waals surface area contributed by atoms with E-state index < -0.39 is 6.10 Å². The molecule has 116 valence electrons. The number of hydrogen-bond acceptors (Lipinski definition) is 3. The van der Waals surface area contributed by atoms with Crippen molar-refractivity contribution in [2.75, 3.05) is 0 Å². The molecule has 0 saturated heterocycles. The van der Waals surface area contributed by atoms with Gasteiger partial charge in [-0.2, -0.15) is 0 Å². The van der Waals surface area contributed by atoms with Crippen LogP contribution in [0.5, 0.6) is 5.75 Å². The number of pyridine rings is 1. The number of carbonyl (C=O) groups excluding carboxylic acids is 1. The van der Waals surface area contributed by atoms with Gasteiger partial charge >= 0.3 is 0 Å². The van der Waals surface area contributed by atoms with Gasteiger partial charge in [0.05, 0.1) is 12.2 Å². The molecule has 0 bridgehead atoms. The summed E-state index contributed by atoms with van der Waals surface area (Å²) in [5, 5.41) is 2.84. The topological polar surface area (TPSA) is 51.2 Å². The predicted molar refractivity (Wildman–Crippen MR) is 86.7 cm³/mol. The molecular formula is C18H22N2O2. The number of ether oxygens (including phenoxy) is 1. The maximum atomic E-state index is 12.1. The highest BCUT2D eigenvalue weighted by Crippen LogP contribution is 2.26. The largest absolute Gasteiger partial charge is 0.481 e. The molecule has 2 rings (SSSR count). The molecule has 0 aliphatic carbocycles. The Hall–Kier alpha value is -2.36. The third kappa shape index (κ3) is 4.32. The Morgan fingerprint density at radius 1 is 1.14 bits per heavy atom. The van der Waals surface area contributed by atoms with Crippen molar-refractivity contribution in [1.82, 2.24) is 10.3 Å². The summed E-state index contributed by atoms with van der Waals surface area (Å²) in [4.78, 5) is 16.3. The zero-order valence-electron chi connectivity index (χ0n) is 13.2. The van der Waals surface area contributed by atoms with Gasteiger partial charge < -0.3 is 10.1 Å². The number of aromatic nitrogens is 1. The van der Waals surface area contributed by atoms with Gasteiger partial charge in [-0.05, 0) is 36.6 Å². The highest BCUT2D eigenvalue weighted by Gasteiger charge is 2.16. The number of nitrogens with zero attached hydrogens (tertiary/aromatic N) is 1. The minimum absolute atomic E-state index is 0.149. The molecule has 0 saturated carbocycles. The summed E-state index contributed by atoms with van der Waals surface area (Å²) >= 11 is 0. The van der Waals surface area contributed by atoms with Crippen LogP contribution in [0.15, 0.2) is 48.7 Å². The van der Waals surface area contributed by atoms with Crippen LogP contribution in [-0.2, 0) is 11.3 Å². The normalized spacial score (nSPS) is 12.0. The van der Waals surface area contributed by atoms with Crippen LogP contribution >= 0.6 is 0 Å². The van der Waals surface area contributed by atoms with Gasteiger partial charge in [0, 0.05) is 6.20 Å². The second-order valence-corrected chi connectivity index (χ2v) is 5.49. The number of rotatable bonds is 6. The molecule has 0 radical (unpaired) electrons. The Bertz CT molecular complexity index is 611. The summed E-state index contributed by atoms with van der Waals surface area (Å²) in [5.41, 5.74) is 1.93. The first kappa shape index (κ1) is 16.0. The van der Waals surface area contributed by atoms with Crippen LogP contribution in [-0.4, -0.2) is 17.0 Å². The monoisotopic (exact) mass is 298 g/mol. The molecule has 0 aliphatic rings. The molecule has 1 aromatic carbocycles. The molecule has 0 fully saturated rings. The first-order chi connectivity index (χ1) is 10.6. The summed E-state index contributed by atoms with van der Waals surface area (Å²) in [6, 6.07) is 13.4. The van der Waals surface area contributed by atoms with Gasteiger partial charge in [0.2, 0.25) is 0 Å². The lowest BCUT2D eigenvalue weighted by molar-refractivity contribution is -0.127. The lowest BCUT2D eigenvalue weighted by Gasteiger charge is -2.18. The quantitative estimate of drug-likeness (QED) is 0.890. The van der Waals surface area contributed by atoms with Crippen LogP contribution in [0.25, 0.3) is 0 Å². The number of nitrogens with one attached hydrogen (secondary N) is 1. The van der Waals surface area contributed by atoms with Crippen LogP contribution in [0.3, 0.4) is 0 Å². The third-order valence-electron chi connectivity index (χ3n) is 3.38. The fourth-order valence-corrected chi connectivity index (χ4v) is 2.13. The number of amides is 1. The van der Waals surface area contributed by atoms with Crippen molar-refractivity contribution >= 4 is 5.91 Å². The van der Waals surface area contributed by atoms with E-state index in [9.17, 15) is 4.79 Å². The first-order valence-electron chi connectivity index (χ1n) is 7.51. The van der Waals surface area contributed by atoms with Gasteiger partial charge in [-0.25, -0.2) is 0 Å². The van der Waals surface area contributed by atoms with Crippen molar-refractivity contribution in [3.63, 3.8) is 0 Å². The van der Waals surface area contributed by atoms with Crippen LogP contribution < -0.4 is 10.1 Å². The molecule has 4 heteroatoms. The van der Waals surface area contributed by atoms with E-state index in [0.717, 1.165) is 17.0 Å². The molecule has 22 heavy (non-hydrogen) atoms. The van der Waals surface area contributed by atoms with Crippen molar-refractivity contribution in [1.29, 1.82) is 0 Å². The van der Waals surface area contributed by atoms with Crippen LogP contribution in [0.1, 0.15) is 37.9 Å². The maximum Gasteiger partial charge on any atom is 0.261 e. The van der Waals surface area contributed by atoms with E-state index in [1.54, 1.807) is 13.1 Å². The summed E-state index contributed by atoms with van der Waals surface area (Å²) in [6.07, 6.45) is 1.16. The summed E-state index contributed by atoms with van der Waals surface area (Å²) in [7, 11) is 0. The van der Waals surface area contributed by atoms with Crippen LogP contribution in [0, 0.1) is 0 Å². The van der Waals surface area contributed by atoms with E-state index in [1.807, 2.05) is 42.5 Å². The summed E-state index contributed by atoms with van der Waals surface area (Å²) in [6.45, 7) is 6.37. The van der Waals surface area contributed by atoms with Crippen LogP contribution in [0.2, 0.25) is 0 Å². The highest BCUT2D eigenvalue weighted by molar-refractivity contribution is 5.80. The third-order valence-corrected chi connectivity index (χ3v) is 3.38. The average molecular weight is 298 g/mol. The molecule has 1 heterocycles. The molecule has 0 unspecified atom stereocenters. The van der Waals surface area contributed by atoms with E-state index in [1.165, 1.54) is 0 Å². The molecule has 1 aromatic heterocycles. The lowest BCUT2D eigenvalue weighted by Crippen LogP contribution is -2.36. The number of para-hydroxylation sites is 1. The number of carbonyl (C=O) groups is 1. The molecule has 1 amide bonds. The van der Waals surface area contributed by atoms with Gasteiger partial charge in [-0.1, -0.05) is 38.1 Å². The molecule has 2 aromatic rings. The van der Waals surface area contributed by atoms with E-state index >= 15 is 0 Å². The second kappa shape index (κ2) is 7.59. The second-order valence-electron chi connectivity index (χ2n) is 5.49. The van der Waals surface area contributed by atoms with Crippen molar-refractivity contribution in [2.24, 2.45) is 0 Å². The lowest BCUT2D eigenvalue weighted by atomic mass is 10.0. The van der Waals surface area contributed by atoms with E-state index in [2.05, 4.69) is 24.1 Å². The van der Waals surface area contributed by atoms with Gasteiger partial charge in [0.15, 0.2) is 6.10 Å². The molecule has 4 nitrogen and oxygen atoms in total. The first-order valence-corrected chi connectivity index (χ1v) is 7.51. The summed E-state index contributed by atoms with van der Waals surface area (Å²) in [5.74, 6) is 0.960. The maximum absolute atomic E-state index is 12.1. The van der Waals surface area contributed by atoms with E-state index in [0.29, 0.717) is 12.5 Å².